The number of nitrogens with one attached hydrogen (secondary N) is 1. The van der Waals surface area contributed by atoms with E-state index >= 15 is 0 Å². The maximum atomic E-state index is 10.7. The number of aromatic amines is 1. The Morgan fingerprint density at radius 3 is 3.14 bits per heavy atom. The maximum absolute atomic E-state index is 10.7. The predicted molar refractivity (Wildman–Crippen MR) is 52.2 cm³/mol. The van der Waals surface area contributed by atoms with Gasteiger partial charge in [-0.05, 0) is 12.8 Å². The molecule has 2 aromatic rings. The molecule has 0 radical (unpaired) electrons. The van der Waals surface area contributed by atoms with Gasteiger partial charge in [-0.3, -0.25) is 9.51 Å². The summed E-state index contributed by atoms with van der Waals surface area (Å²) in [6, 6.07) is 0. The number of hydrogen-bond donors (Lipinski definition) is 1. The van der Waals surface area contributed by atoms with E-state index in [9.17, 15) is 4.79 Å². The highest BCUT2D eigenvalue weighted by molar-refractivity contribution is 7.09. The molecule has 0 aliphatic heterocycles. The lowest BCUT2D eigenvalue weighted by Gasteiger charge is -1.87. The monoisotopic (exact) mass is 211 g/mol. The summed E-state index contributed by atoms with van der Waals surface area (Å²) < 4.78 is 4.39. The second kappa shape index (κ2) is 3.75. The molecule has 1 N–H and O–H groups in total. The number of nitrogens with zero attached hydrogens (tertiary/aromatic N) is 2. The highest BCUT2D eigenvalue weighted by atomic mass is 32.1. The van der Waals surface area contributed by atoms with E-state index < -0.39 is 5.76 Å². The molecule has 0 aliphatic carbocycles. The van der Waals surface area contributed by atoms with Crippen molar-refractivity contribution in [3.8, 4) is 11.5 Å². The summed E-state index contributed by atoms with van der Waals surface area (Å²) in [4.78, 5) is 17.5. The molecular weight excluding hydrogens is 202 g/mol. The molecule has 2 heterocycles. The summed E-state index contributed by atoms with van der Waals surface area (Å²) in [6.07, 6.45) is 2.01. The van der Waals surface area contributed by atoms with Crippen LogP contribution in [0.4, 0.5) is 0 Å². The highest BCUT2D eigenvalue weighted by Gasteiger charge is 2.08. The zero-order valence-corrected chi connectivity index (χ0v) is 8.43. The molecule has 0 aliphatic rings. The molecule has 14 heavy (non-hydrogen) atoms. The Bertz CT molecular complexity index is 471. The summed E-state index contributed by atoms with van der Waals surface area (Å²) in [5.74, 6) is -0.154. The third-order valence-electron chi connectivity index (χ3n) is 1.70. The van der Waals surface area contributed by atoms with E-state index in [2.05, 4.69) is 26.6 Å². The SMILES string of the molecule is CCCc1nc(-c2noc(=O)[nH]2)cs1. The lowest BCUT2D eigenvalue weighted by Crippen LogP contribution is -1.94. The Hall–Kier alpha value is -1.43. The van der Waals surface area contributed by atoms with Gasteiger partial charge in [-0.15, -0.1) is 11.3 Å². The summed E-state index contributed by atoms with van der Waals surface area (Å²) in [7, 11) is 0. The first-order valence-corrected chi connectivity index (χ1v) is 5.18. The van der Waals surface area contributed by atoms with E-state index in [4.69, 9.17) is 0 Å². The molecule has 0 bridgehead atoms. The standard InChI is InChI=1S/C8H9N3O2S/c1-2-3-6-9-5(4-14-6)7-10-8(12)13-11-7/h4H,2-3H2,1H3,(H,10,11,12). The fourth-order valence-electron chi connectivity index (χ4n) is 1.09. The van der Waals surface area contributed by atoms with E-state index in [1.54, 1.807) is 11.3 Å². The van der Waals surface area contributed by atoms with Crippen molar-refractivity contribution in [2.75, 3.05) is 0 Å². The van der Waals surface area contributed by atoms with E-state index in [1.165, 1.54) is 0 Å². The number of H-pyrrole nitrogens is 1. The Morgan fingerprint density at radius 2 is 2.50 bits per heavy atom. The van der Waals surface area contributed by atoms with Crippen LogP contribution >= 0.6 is 11.3 Å². The van der Waals surface area contributed by atoms with Gasteiger partial charge in [0.25, 0.3) is 0 Å². The number of aryl methyl sites for hydroxylation is 1. The summed E-state index contributed by atoms with van der Waals surface area (Å²) >= 11 is 1.56. The number of rotatable bonds is 3. The molecule has 0 aromatic carbocycles. The molecular formula is C8H9N3O2S. The van der Waals surface area contributed by atoms with Crippen LogP contribution in [0, 0.1) is 0 Å². The van der Waals surface area contributed by atoms with E-state index in [1.807, 2.05) is 5.38 Å². The molecule has 0 fully saturated rings. The topological polar surface area (TPSA) is 71.8 Å². The fraction of sp³-hybridized carbons (Fsp3) is 0.375. The Morgan fingerprint density at radius 1 is 1.64 bits per heavy atom. The lowest BCUT2D eigenvalue weighted by atomic mass is 10.3. The second-order valence-corrected chi connectivity index (χ2v) is 3.76. The van der Waals surface area contributed by atoms with Crippen molar-refractivity contribution < 1.29 is 4.52 Å². The zero-order chi connectivity index (χ0) is 9.97. The first kappa shape index (κ1) is 9.14. The number of aromatic nitrogens is 3. The van der Waals surface area contributed by atoms with Crippen LogP contribution < -0.4 is 5.76 Å². The molecule has 0 atom stereocenters. The van der Waals surface area contributed by atoms with Gasteiger partial charge in [-0.25, -0.2) is 9.78 Å². The minimum atomic E-state index is -0.551. The number of thiazole rings is 1. The first-order valence-electron chi connectivity index (χ1n) is 4.30. The third-order valence-corrected chi connectivity index (χ3v) is 2.61. The normalized spacial score (nSPS) is 10.6. The highest BCUT2D eigenvalue weighted by Crippen LogP contribution is 2.18. The van der Waals surface area contributed by atoms with Gasteiger partial charge in [0.15, 0.2) is 0 Å². The van der Waals surface area contributed by atoms with Gasteiger partial charge in [0.05, 0.1) is 5.01 Å². The first-order chi connectivity index (χ1) is 6.79. The molecule has 6 heteroatoms. The quantitative estimate of drug-likeness (QED) is 0.833. The summed E-state index contributed by atoms with van der Waals surface area (Å²) in [5.41, 5.74) is 0.671. The van der Waals surface area contributed by atoms with Crippen molar-refractivity contribution in [2.45, 2.75) is 19.8 Å². The molecule has 0 saturated heterocycles. The summed E-state index contributed by atoms with van der Waals surface area (Å²) in [5, 5.41) is 6.47. The lowest BCUT2D eigenvalue weighted by molar-refractivity contribution is 0.388. The van der Waals surface area contributed by atoms with Crippen LogP contribution in [0.25, 0.3) is 11.5 Å². The van der Waals surface area contributed by atoms with Gasteiger partial charge < -0.3 is 0 Å². The Kier molecular flexibility index (Phi) is 2.45. The minimum absolute atomic E-state index is 0.397. The van der Waals surface area contributed by atoms with E-state index in [-0.39, 0.29) is 0 Å². The molecule has 5 nitrogen and oxygen atoms in total. The van der Waals surface area contributed by atoms with Gasteiger partial charge in [0, 0.05) is 5.38 Å². The average molecular weight is 211 g/mol. The molecule has 2 rings (SSSR count). The Balaban J connectivity index is 2.28. The minimum Gasteiger partial charge on any atom is -0.296 e. The molecule has 2 aromatic heterocycles. The van der Waals surface area contributed by atoms with Crippen LogP contribution in [0.2, 0.25) is 0 Å². The van der Waals surface area contributed by atoms with Crippen molar-refractivity contribution in [3.63, 3.8) is 0 Å². The van der Waals surface area contributed by atoms with Crippen molar-refractivity contribution in [1.82, 2.24) is 15.1 Å². The van der Waals surface area contributed by atoms with Gasteiger partial charge in [-0.2, -0.15) is 0 Å². The fourth-order valence-corrected chi connectivity index (χ4v) is 1.97. The van der Waals surface area contributed by atoms with E-state index in [0.717, 1.165) is 17.8 Å². The Labute approximate surface area is 83.8 Å². The number of hydrogen-bond acceptors (Lipinski definition) is 5. The largest absolute Gasteiger partial charge is 0.439 e. The third kappa shape index (κ3) is 1.74. The van der Waals surface area contributed by atoms with Gasteiger partial charge >= 0.3 is 5.76 Å². The van der Waals surface area contributed by atoms with Crippen molar-refractivity contribution in [3.05, 3.63) is 20.9 Å². The maximum Gasteiger partial charge on any atom is 0.439 e. The second-order valence-electron chi connectivity index (χ2n) is 2.82. The van der Waals surface area contributed by atoms with E-state index in [0.29, 0.717) is 11.5 Å². The van der Waals surface area contributed by atoms with Crippen LogP contribution in [-0.4, -0.2) is 15.1 Å². The molecule has 0 amide bonds. The van der Waals surface area contributed by atoms with Crippen LogP contribution in [0.3, 0.4) is 0 Å². The van der Waals surface area contributed by atoms with Gasteiger partial charge in [0.2, 0.25) is 5.82 Å². The average Bonchev–Trinajstić information content (AvgIpc) is 2.74. The van der Waals surface area contributed by atoms with Crippen molar-refractivity contribution in [2.24, 2.45) is 0 Å². The smallest absolute Gasteiger partial charge is 0.296 e. The van der Waals surface area contributed by atoms with Crippen LogP contribution in [-0.2, 0) is 6.42 Å². The molecule has 74 valence electrons. The van der Waals surface area contributed by atoms with Crippen LogP contribution in [0.15, 0.2) is 14.7 Å². The molecule has 0 unspecified atom stereocenters. The summed E-state index contributed by atoms with van der Waals surface area (Å²) in [6.45, 7) is 2.10. The van der Waals surface area contributed by atoms with Gasteiger partial charge in [0.1, 0.15) is 5.69 Å². The van der Waals surface area contributed by atoms with Gasteiger partial charge in [-0.1, -0.05) is 12.1 Å². The molecule has 0 saturated carbocycles. The predicted octanol–water partition coefficient (Wildman–Crippen LogP) is 1.44. The molecule has 0 spiro atoms. The van der Waals surface area contributed by atoms with Crippen molar-refractivity contribution in [1.29, 1.82) is 0 Å². The van der Waals surface area contributed by atoms with Crippen LogP contribution in [0.5, 0.6) is 0 Å². The zero-order valence-electron chi connectivity index (χ0n) is 7.61. The van der Waals surface area contributed by atoms with Crippen molar-refractivity contribution >= 4 is 11.3 Å². The van der Waals surface area contributed by atoms with Crippen LogP contribution in [0.1, 0.15) is 18.4 Å².